The highest BCUT2D eigenvalue weighted by atomic mass is 35.5. The van der Waals surface area contributed by atoms with Crippen molar-refractivity contribution in [1.29, 1.82) is 0 Å². The Balaban J connectivity index is 2.19. The fourth-order valence-corrected chi connectivity index (χ4v) is 2.95. The van der Waals surface area contributed by atoms with E-state index in [4.69, 9.17) is 16.3 Å². The molecule has 3 N–H and O–H groups in total. The molecule has 0 aromatic heterocycles. The van der Waals surface area contributed by atoms with Gasteiger partial charge >= 0.3 is 12.0 Å². The van der Waals surface area contributed by atoms with Gasteiger partial charge in [0.05, 0.1) is 18.2 Å². The molecule has 0 spiro atoms. The van der Waals surface area contributed by atoms with Crippen LogP contribution in [0.4, 0.5) is 4.79 Å². The van der Waals surface area contributed by atoms with E-state index in [2.05, 4.69) is 16.0 Å². The van der Waals surface area contributed by atoms with Gasteiger partial charge in [0.15, 0.2) is 0 Å². The molecule has 1 heterocycles. The molecule has 1 aromatic rings. The largest absolute Gasteiger partial charge is 0.463 e. The Morgan fingerprint density at radius 3 is 2.80 bits per heavy atom. The summed E-state index contributed by atoms with van der Waals surface area (Å²) in [6.45, 7) is 6.29. The third-order valence-corrected chi connectivity index (χ3v) is 4.32. The van der Waals surface area contributed by atoms with Crippen LogP contribution in [0, 0.1) is 0 Å². The number of benzene rings is 1. The van der Waals surface area contributed by atoms with Crippen LogP contribution in [0.5, 0.6) is 0 Å². The molecule has 0 fully saturated rings. The van der Waals surface area contributed by atoms with E-state index in [1.807, 2.05) is 38.1 Å². The maximum atomic E-state index is 12.3. The van der Waals surface area contributed by atoms with E-state index in [1.54, 1.807) is 6.92 Å². The third kappa shape index (κ3) is 4.96. The fourth-order valence-electron chi connectivity index (χ4n) is 2.75. The standard InChI is InChI=1S/C18H24ClN3O3/c1-4-14-16(17(23)25-5-2)15(22-18(24)21-14)10-20-11(3)12-7-6-8-13(19)9-12/h6-9,11,14,20H,4-5,10H2,1-3H3,(H2,21,22,24)/t11-,14-/m1/s1. The van der Waals surface area contributed by atoms with Crippen molar-refractivity contribution in [2.75, 3.05) is 13.2 Å². The summed E-state index contributed by atoms with van der Waals surface area (Å²) in [6.07, 6.45) is 0.606. The number of rotatable bonds is 7. The van der Waals surface area contributed by atoms with E-state index in [1.165, 1.54) is 0 Å². The minimum absolute atomic E-state index is 0.00140. The second-order valence-electron chi connectivity index (χ2n) is 5.83. The molecule has 1 aliphatic rings. The number of amides is 2. The van der Waals surface area contributed by atoms with Gasteiger partial charge in [-0.15, -0.1) is 0 Å². The van der Waals surface area contributed by atoms with Crippen LogP contribution in [0.3, 0.4) is 0 Å². The Labute approximate surface area is 153 Å². The molecule has 1 aromatic carbocycles. The number of urea groups is 1. The van der Waals surface area contributed by atoms with E-state index in [0.717, 1.165) is 5.56 Å². The van der Waals surface area contributed by atoms with Gasteiger partial charge in [0.1, 0.15) is 0 Å². The second-order valence-corrected chi connectivity index (χ2v) is 6.27. The summed E-state index contributed by atoms with van der Waals surface area (Å²) >= 11 is 6.03. The first-order chi connectivity index (χ1) is 12.0. The number of hydrogen-bond donors (Lipinski definition) is 3. The Kier molecular flexibility index (Phi) is 6.84. The first-order valence-corrected chi connectivity index (χ1v) is 8.80. The number of halogens is 1. The first kappa shape index (κ1) is 19.3. The van der Waals surface area contributed by atoms with Crippen LogP contribution < -0.4 is 16.0 Å². The van der Waals surface area contributed by atoms with Crippen molar-refractivity contribution < 1.29 is 14.3 Å². The molecule has 0 radical (unpaired) electrons. The number of hydrogen-bond acceptors (Lipinski definition) is 4. The highest BCUT2D eigenvalue weighted by molar-refractivity contribution is 6.30. The van der Waals surface area contributed by atoms with Crippen LogP contribution in [0.25, 0.3) is 0 Å². The highest BCUT2D eigenvalue weighted by Gasteiger charge is 2.31. The van der Waals surface area contributed by atoms with Gasteiger partial charge in [0.2, 0.25) is 0 Å². The lowest BCUT2D eigenvalue weighted by atomic mass is 10.00. The van der Waals surface area contributed by atoms with Gasteiger partial charge in [-0.1, -0.05) is 30.7 Å². The average molecular weight is 366 g/mol. The van der Waals surface area contributed by atoms with Gasteiger partial charge in [0, 0.05) is 23.3 Å². The van der Waals surface area contributed by atoms with Crippen molar-refractivity contribution in [3.63, 3.8) is 0 Å². The van der Waals surface area contributed by atoms with E-state index in [0.29, 0.717) is 29.3 Å². The molecular formula is C18H24ClN3O3. The molecule has 7 heteroatoms. The van der Waals surface area contributed by atoms with E-state index in [-0.39, 0.29) is 24.7 Å². The number of esters is 1. The molecule has 6 nitrogen and oxygen atoms in total. The van der Waals surface area contributed by atoms with Gasteiger partial charge in [-0.25, -0.2) is 9.59 Å². The van der Waals surface area contributed by atoms with Crippen molar-refractivity contribution in [2.24, 2.45) is 0 Å². The maximum absolute atomic E-state index is 12.3. The minimum atomic E-state index is -0.408. The zero-order valence-corrected chi connectivity index (χ0v) is 15.4. The average Bonchev–Trinajstić information content (AvgIpc) is 2.59. The second kappa shape index (κ2) is 8.87. The monoisotopic (exact) mass is 365 g/mol. The maximum Gasteiger partial charge on any atom is 0.337 e. The number of nitrogens with one attached hydrogen (secondary N) is 3. The normalized spacial score (nSPS) is 18.4. The van der Waals surface area contributed by atoms with Crippen LogP contribution in [0.1, 0.15) is 38.8 Å². The Morgan fingerprint density at radius 1 is 1.40 bits per heavy atom. The number of ether oxygens (including phenoxy) is 1. The van der Waals surface area contributed by atoms with Crippen molar-refractivity contribution >= 4 is 23.6 Å². The van der Waals surface area contributed by atoms with E-state index >= 15 is 0 Å². The molecular weight excluding hydrogens is 342 g/mol. The van der Waals surface area contributed by atoms with Gasteiger partial charge < -0.3 is 20.7 Å². The summed E-state index contributed by atoms with van der Waals surface area (Å²) in [6, 6.07) is 6.89. The topological polar surface area (TPSA) is 79.5 Å². The molecule has 0 bridgehead atoms. The summed E-state index contributed by atoms with van der Waals surface area (Å²) < 4.78 is 5.15. The molecule has 0 unspecified atom stereocenters. The van der Waals surface area contributed by atoms with Crippen LogP contribution >= 0.6 is 11.6 Å². The van der Waals surface area contributed by atoms with Crippen LogP contribution in [0.15, 0.2) is 35.5 Å². The molecule has 0 saturated heterocycles. The molecule has 2 atom stereocenters. The third-order valence-electron chi connectivity index (χ3n) is 4.08. The predicted octanol–water partition coefficient (Wildman–Crippen LogP) is 2.90. The van der Waals surface area contributed by atoms with E-state index < -0.39 is 5.97 Å². The van der Waals surface area contributed by atoms with Crippen LogP contribution in [-0.2, 0) is 9.53 Å². The Bertz CT molecular complexity index is 675. The number of carbonyl (C=O) groups is 2. The lowest BCUT2D eigenvalue weighted by Crippen LogP contribution is -2.51. The van der Waals surface area contributed by atoms with Crippen LogP contribution in [-0.4, -0.2) is 31.2 Å². The predicted molar refractivity (Wildman–Crippen MR) is 97.3 cm³/mol. The lowest BCUT2D eigenvalue weighted by molar-refractivity contribution is -0.139. The summed E-state index contributed by atoms with van der Waals surface area (Å²) in [5, 5.41) is 9.47. The van der Waals surface area contributed by atoms with Crippen molar-refractivity contribution in [3.8, 4) is 0 Å². The van der Waals surface area contributed by atoms with Crippen molar-refractivity contribution in [2.45, 2.75) is 39.3 Å². The smallest absolute Gasteiger partial charge is 0.337 e. The van der Waals surface area contributed by atoms with Crippen molar-refractivity contribution in [3.05, 3.63) is 46.1 Å². The molecule has 2 rings (SSSR count). The van der Waals surface area contributed by atoms with Gasteiger partial charge in [-0.3, -0.25) is 0 Å². The molecule has 0 aliphatic carbocycles. The highest BCUT2D eigenvalue weighted by Crippen LogP contribution is 2.20. The van der Waals surface area contributed by atoms with Crippen LogP contribution in [0.2, 0.25) is 5.02 Å². The van der Waals surface area contributed by atoms with Gasteiger partial charge in [0.25, 0.3) is 0 Å². The SMILES string of the molecule is CCOC(=O)C1=C(CN[C@H](C)c2cccc(Cl)c2)NC(=O)N[C@@H]1CC. The van der Waals surface area contributed by atoms with Gasteiger partial charge in [-0.2, -0.15) is 0 Å². The Morgan fingerprint density at radius 2 is 2.16 bits per heavy atom. The zero-order chi connectivity index (χ0) is 18.4. The Hall–Kier alpha value is -2.05. The zero-order valence-electron chi connectivity index (χ0n) is 14.7. The first-order valence-electron chi connectivity index (χ1n) is 8.42. The summed E-state index contributed by atoms with van der Waals surface area (Å²) in [4.78, 5) is 24.2. The quantitative estimate of drug-likeness (QED) is 0.649. The number of carbonyl (C=O) groups excluding carboxylic acids is 2. The minimum Gasteiger partial charge on any atom is -0.463 e. The van der Waals surface area contributed by atoms with E-state index in [9.17, 15) is 9.59 Å². The summed E-state index contributed by atoms with van der Waals surface area (Å²) in [5.41, 5.74) is 2.04. The molecule has 25 heavy (non-hydrogen) atoms. The molecule has 0 saturated carbocycles. The summed E-state index contributed by atoms with van der Waals surface area (Å²) in [7, 11) is 0. The fraction of sp³-hybridized carbons (Fsp3) is 0.444. The summed E-state index contributed by atoms with van der Waals surface area (Å²) in [5.74, 6) is -0.408. The molecule has 1 aliphatic heterocycles. The molecule has 2 amide bonds. The van der Waals surface area contributed by atoms with Crippen molar-refractivity contribution in [1.82, 2.24) is 16.0 Å². The lowest BCUT2D eigenvalue weighted by Gasteiger charge is -2.29. The van der Waals surface area contributed by atoms with Gasteiger partial charge in [-0.05, 0) is 38.0 Å². The molecule has 136 valence electrons.